The van der Waals surface area contributed by atoms with Crippen LogP contribution in [0.25, 0.3) is 10.8 Å². The lowest BCUT2D eigenvalue weighted by Gasteiger charge is -2.13. The number of rotatable bonds is 2. The number of carbonyl (C=O) groups excluding carboxylic acids is 1. The number of thiocarbonyl (C=S) groups is 1. The number of carbonyl (C=O) groups is 1. The zero-order valence-corrected chi connectivity index (χ0v) is 14.7. The van der Waals surface area contributed by atoms with Crippen LogP contribution < -0.4 is 10.6 Å². The molecular formula is C21H18N2OS. The van der Waals surface area contributed by atoms with Gasteiger partial charge in [-0.05, 0) is 66.2 Å². The Balaban J connectivity index is 1.57. The average molecular weight is 346 g/mol. The lowest BCUT2D eigenvalue weighted by Crippen LogP contribution is -2.34. The Kier molecular flexibility index (Phi) is 3.98. The molecule has 1 amide bonds. The van der Waals surface area contributed by atoms with Crippen LogP contribution in [0.3, 0.4) is 0 Å². The zero-order valence-electron chi connectivity index (χ0n) is 13.9. The van der Waals surface area contributed by atoms with Crippen molar-refractivity contribution in [1.29, 1.82) is 0 Å². The molecule has 3 nitrogen and oxygen atoms in total. The van der Waals surface area contributed by atoms with E-state index in [9.17, 15) is 4.79 Å². The fourth-order valence-electron chi connectivity index (χ4n) is 3.51. The highest BCUT2D eigenvalue weighted by atomic mass is 32.1. The van der Waals surface area contributed by atoms with Gasteiger partial charge in [0.2, 0.25) is 0 Å². The van der Waals surface area contributed by atoms with Gasteiger partial charge in [0.25, 0.3) is 5.91 Å². The molecule has 0 saturated carbocycles. The Labute approximate surface area is 152 Å². The number of aryl methyl sites for hydroxylation is 3. The third kappa shape index (κ3) is 2.89. The Morgan fingerprint density at radius 1 is 0.960 bits per heavy atom. The van der Waals surface area contributed by atoms with Gasteiger partial charge in [-0.15, -0.1) is 0 Å². The second-order valence-electron chi connectivity index (χ2n) is 6.34. The molecule has 1 aliphatic rings. The van der Waals surface area contributed by atoms with E-state index in [1.54, 1.807) is 6.07 Å². The Bertz CT molecular complexity index is 1000. The van der Waals surface area contributed by atoms with Gasteiger partial charge in [-0.1, -0.05) is 42.5 Å². The van der Waals surface area contributed by atoms with Crippen LogP contribution in [0.5, 0.6) is 0 Å². The van der Waals surface area contributed by atoms with E-state index in [1.807, 2.05) is 31.2 Å². The molecular weight excluding hydrogens is 328 g/mol. The molecule has 0 fully saturated rings. The van der Waals surface area contributed by atoms with E-state index in [-0.39, 0.29) is 5.91 Å². The molecule has 0 atom stereocenters. The summed E-state index contributed by atoms with van der Waals surface area (Å²) in [6, 6.07) is 18.0. The summed E-state index contributed by atoms with van der Waals surface area (Å²) in [5.74, 6) is -0.193. The maximum Gasteiger partial charge on any atom is 0.257 e. The van der Waals surface area contributed by atoms with Crippen molar-refractivity contribution in [2.24, 2.45) is 0 Å². The first-order chi connectivity index (χ1) is 12.1. The van der Waals surface area contributed by atoms with Gasteiger partial charge in [-0.25, -0.2) is 0 Å². The molecule has 0 bridgehead atoms. The predicted octanol–water partition coefficient (Wildman–Crippen LogP) is 4.37. The Morgan fingerprint density at radius 3 is 2.52 bits per heavy atom. The Hall–Kier alpha value is -2.72. The van der Waals surface area contributed by atoms with Crippen molar-refractivity contribution in [2.45, 2.75) is 19.8 Å². The summed E-state index contributed by atoms with van der Waals surface area (Å²) in [4.78, 5) is 12.4. The summed E-state index contributed by atoms with van der Waals surface area (Å²) in [6.07, 6.45) is 2.18. The first kappa shape index (κ1) is 15.8. The van der Waals surface area contributed by atoms with Gasteiger partial charge >= 0.3 is 0 Å². The molecule has 1 aliphatic carbocycles. The monoisotopic (exact) mass is 346 g/mol. The third-order valence-corrected chi connectivity index (χ3v) is 4.95. The van der Waals surface area contributed by atoms with Gasteiger partial charge in [-0.2, -0.15) is 0 Å². The number of hydrogen-bond donors (Lipinski definition) is 2. The summed E-state index contributed by atoms with van der Waals surface area (Å²) in [6.45, 7) is 1.91. The molecule has 3 aromatic rings. The van der Waals surface area contributed by atoms with Crippen molar-refractivity contribution in [3.63, 3.8) is 0 Å². The van der Waals surface area contributed by atoms with Crippen molar-refractivity contribution in [3.05, 3.63) is 76.9 Å². The largest absolute Gasteiger partial charge is 0.332 e. The predicted molar refractivity (Wildman–Crippen MR) is 106 cm³/mol. The summed E-state index contributed by atoms with van der Waals surface area (Å²) in [7, 11) is 0. The lowest BCUT2D eigenvalue weighted by atomic mass is 10.0. The summed E-state index contributed by atoms with van der Waals surface area (Å²) in [5, 5.41) is 8.75. The number of hydrogen-bond acceptors (Lipinski definition) is 2. The normalized spacial score (nSPS) is 12.2. The zero-order chi connectivity index (χ0) is 17.4. The van der Waals surface area contributed by atoms with Gasteiger partial charge in [0, 0.05) is 16.6 Å². The highest BCUT2D eigenvalue weighted by molar-refractivity contribution is 7.80. The van der Waals surface area contributed by atoms with Crippen LogP contribution in [-0.2, 0) is 12.8 Å². The van der Waals surface area contributed by atoms with E-state index in [0.717, 1.165) is 29.5 Å². The molecule has 4 rings (SSSR count). The maximum atomic E-state index is 12.4. The van der Waals surface area contributed by atoms with Gasteiger partial charge in [-0.3, -0.25) is 10.1 Å². The molecule has 0 radical (unpaired) electrons. The minimum atomic E-state index is -0.193. The van der Waals surface area contributed by atoms with Gasteiger partial charge in [0.15, 0.2) is 5.11 Å². The van der Waals surface area contributed by atoms with E-state index in [1.165, 1.54) is 16.5 Å². The van der Waals surface area contributed by atoms with Crippen LogP contribution in [0.1, 0.15) is 27.0 Å². The minimum Gasteiger partial charge on any atom is -0.332 e. The molecule has 4 heteroatoms. The molecule has 0 aromatic heterocycles. The Morgan fingerprint density at radius 2 is 1.72 bits per heavy atom. The molecule has 0 spiro atoms. The summed E-state index contributed by atoms with van der Waals surface area (Å²) < 4.78 is 0. The number of nitrogens with one attached hydrogen (secondary N) is 2. The summed E-state index contributed by atoms with van der Waals surface area (Å²) >= 11 is 5.36. The lowest BCUT2D eigenvalue weighted by molar-refractivity contribution is 0.0977. The molecule has 0 saturated heterocycles. The number of benzene rings is 3. The second kappa shape index (κ2) is 6.30. The molecule has 2 N–H and O–H groups in total. The highest BCUT2D eigenvalue weighted by Gasteiger charge is 2.16. The highest BCUT2D eigenvalue weighted by Crippen LogP contribution is 2.34. The van der Waals surface area contributed by atoms with Crippen LogP contribution in [0, 0.1) is 6.92 Å². The number of amides is 1. The molecule has 25 heavy (non-hydrogen) atoms. The third-order valence-electron chi connectivity index (χ3n) is 4.74. The van der Waals surface area contributed by atoms with E-state index in [0.29, 0.717) is 10.7 Å². The molecule has 0 heterocycles. The van der Waals surface area contributed by atoms with Crippen molar-refractivity contribution < 1.29 is 4.79 Å². The van der Waals surface area contributed by atoms with Crippen molar-refractivity contribution in [1.82, 2.24) is 5.32 Å². The first-order valence-corrected chi connectivity index (χ1v) is 8.76. The van der Waals surface area contributed by atoms with Gasteiger partial charge in [0.05, 0.1) is 0 Å². The van der Waals surface area contributed by atoms with Crippen LogP contribution in [0.2, 0.25) is 0 Å². The SMILES string of the molecule is Cc1ccccc1C(=O)NC(=S)Nc1ccc2c3c(cccc13)CC2. The van der Waals surface area contributed by atoms with Crippen LogP contribution in [0.4, 0.5) is 5.69 Å². The second-order valence-corrected chi connectivity index (χ2v) is 6.74. The van der Waals surface area contributed by atoms with E-state index < -0.39 is 0 Å². The summed E-state index contributed by atoms with van der Waals surface area (Å²) in [5.41, 5.74) is 5.25. The quantitative estimate of drug-likeness (QED) is 0.677. The van der Waals surface area contributed by atoms with E-state index in [4.69, 9.17) is 12.2 Å². The molecule has 0 unspecified atom stereocenters. The smallest absolute Gasteiger partial charge is 0.257 e. The fourth-order valence-corrected chi connectivity index (χ4v) is 3.71. The maximum absolute atomic E-state index is 12.4. The van der Waals surface area contributed by atoms with Crippen LogP contribution in [0.15, 0.2) is 54.6 Å². The van der Waals surface area contributed by atoms with Crippen LogP contribution >= 0.6 is 12.2 Å². The molecule has 0 aliphatic heterocycles. The standard InChI is InChI=1S/C21H18N2OS/c1-13-5-2-3-7-16(13)20(24)23-21(25)22-18-12-11-15-10-9-14-6-4-8-17(18)19(14)15/h2-8,11-12H,9-10H2,1H3,(H2,22,23,24,25). The van der Waals surface area contributed by atoms with E-state index in [2.05, 4.69) is 34.9 Å². The fraction of sp³-hybridized carbons (Fsp3) is 0.143. The van der Waals surface area contributed by atoms with Crippen LogP contribution in [-0.4, -0.2) is 11.0 Å². The van der Waals surface area contributed by atoms with Crippen molar-refractivity contribution >= 4 is 39.7 Å². The van der Waals surface area contributed by atoms with Gasteiger partial charge in [0.1, 0.15) is 0 Å². The first-order valence-electron chi connectivity index (χ1n) is 8.35. The van der Waals surface area contributed by atoms with E-state index >= 15 is 0 Å². The van der Waals surface area contributed by atoms with Gasteiger partial charge < -0.3 is 5.32 Å². The average Bonchev–Trinajstić information content (AvgIpc) is 3.02. The van der Waals surface area contributed by atoms with Crippen molar-refractivity contribution in [2.75, 3.05) is 5.32 Å². The van der Waals surface area contributed by atoms with Crippen molar-refractivity contribution in [3.8, 4) is 0 Å². The number of anilines is 1. The molecule has 124 valence electrons. The molecule has 3 aromatic carbocycles. The minimum absolute atomic E-state index is 0.193. The topological polar surface area (TPSA) is 41.1 Å².